The molecule has 35 heavy (non-hydrogen) atoms. The first-order valence-corrected chi connectivity index (χ1v) is 11.8. The van der Waals surface area contributed by atoms with Crippen LogP contribution in [0.15, 0.2) is 78.1 Å². The van der Waals surface area contributed by atoms with E-state index in [2.05, 4.69) is 20.5 Å². The summed E-state index contributed by atoms with van der Waals surface area (Å²) in [5, 5.41) is 12.3. The van der Waals surface area contributed by atoms with Crippen molar-refractivity contribution in [2.45, 2.75) is 30.1 Å². The topological polar surface area (TPSA) is 72.7 Å². The van der Waals surface area contributed by atoms with E-state index in [1.165, 1.54) is 24.0 Å². The third kappa shape index (κ3) is 6.01. The zero-order chi connectivity index (χ0) is 25.0. The molecule has 6 nitrogen and oxygen atoms in total. The summed E-state index contributed by atoms with van der Waals surface area (Å²) in [7, 11) is 0. The van der Waals surface area contributed by atoms with E-state index in [1.807, 2.05) is 0 Å². The minimum absolute atomic E-state index is 0.233. The molecule has 1 atom stereocenters. The lowest BCUT2D eigenvalue weighted by Crippen LogP contribution is -2.29. The van der Waals surface area contributed by atoms with Gasteiger partial charge in [-0.2, -0.15) is 13.2 Å². The lowest BCUT2D eigenvalue weighted by Gasteiger charge is -2.16. The SMILES string of the molecule is CC(NC(=O)c1ccccn1)c1nnc(SCc2cccc(C(F)(F)F)c2)n1-c1cccc(Cl)c1. The quantitative estimate of drug-likeness (QED) is 0.299. The van der Waals surface area contributed by atoms with Gasteiger partial charge in [-0.3, -0.25) is 14.3 Å². The van der Waals surface area contributed by atoms with E-state index in [9.17, 15) is 18.0 Å². The van der Waals surface area contributed by atoms with Crippen molar-refractivity contribution in [2.24, 2.45) is 0 Å². The highest BCUT2D eigenvalue weighted by Gasteiger charge is 2.30. The van der Waals surface area contributed by atoms with Crippen LogP contribution in [0.2, 0.25) is 5.02 Å². The molecule has 1 amide bonds. The van der Waals surface area contributed by atoms with Crippen LogP contribution in [0.5, 0.6) is 0 Å². The number of aromatic nitrogens is 4. The van der Waals surface area contributed by atoms with Gasteiger partial charge >= 0.3 is 6.18 Å². The van der Waals surface area contributed by atoms with Crippen LogP contribution in [0.4, 0.5) is 13.2 Å². The molecule has 2 aromatic carbocycles. The standard InChI is InChI=1S/C24H19ClF3N5OS/c1-15(30-22(34)20-10-2-3-11-29-20)21-31-32-23(33(21)19-9-5-8-18(25)13-19)35-14-16-6-4-7-17(12-16)24(26,27)28/h2-13,15H,14H2,1H3,(H,30,34). The van der Waals surface area contributed by atoms with E-state index in [-0.39, 0.29) is 17.4 Å². The molecule has 0 aliphatic rings. The second-order valence-electron chi connectivity index (χ2n) is 7.55. The number of carbonyl (C=O) groups excluding carboxylic acids is 1. The number of thioether (sulfide) groups is 1. The van der Waals surface area contributed by atoms with Crippen molar-refractivity contribution >= 4 is 29.3 Å². The van der Waals surface area contributed by atoms with Gasteiger partial charge in [0.15, 0.2) is 11.0 Å². The highest BCUT2D eigenvalue weighted by molar-refractivity contribution is 7.98. The number of alkyl halides is 3. The second kappa shape index (κ2) is 10.5. The fourth-order valence-corrected chi connectivity index (χ4v) is 4.42. The minimum Gasteiger partial charge on any atom is -0.341 e. The molecule has 1 unspecified atom stereocenters. The molecule has 0 aliphatic carbocycles. The summed E-state index contributed by atoms with van der Waals surface area (Å²) < 4.78 is 41.0. The van der Waals surface area contributed by atoms with Gasteiger partial charge in [-0.1, -0.05) is 53.7 Å². The van der Waals surface area contributed by atoms with Crippen molar-refractivity contribution in [3.8, 4) is 5.69 Å². The Morgan fingerprint density at radius 2 is 1.89 bits per heavy atom. The molecule has 11 heteroatoms. The van der Waals surface area contributed by atoms with E-state index >= 15 is 0 Å². The van der Waals surface area contributed by atoms with Crippen LogP contribution in [0.25, 0.3) is 5.69 Å². The van der Waals surface area contributed by atoms with Crippen LogP contribution < -0.4 is 5.32 Å². The van der Waals surface area contributed by atoms with Crippen LogP contribution in [0, 0.1) is 0 Å². The Kier molecular flexibility index (Phi) is 7.42. The largest absolute Gasteiger partial charge is 0.416 e. The molecule has 0 radical (unpaired) electrons. The van der Waals surface area contributed by atoms with E-state index in [4.69, 9.17) is 11.6 Å². The fraction of sp³-hybridized carbons (Fsp3) is 0.167. The Balaban J connectivity index is 1.62. The zero-order valence-corrected chi connectivity index (χ0v) is 19.9. The van der Waals surface area contributed by atoms with Crippen molar-refractivity contribution in [3.63, 3.8) is 0 Å². The molecule has 4 aromatic rings. The van der Waals surface area contributed by atoms with Gasteiger partial charge in [-0.05, 0) is 48.9 Å². The van der Waals surface area contributed by atoms with Crippen LogP contribution >= 0.6 is 23.4 Å². The Hall–Kier alpha value is -3.37. The Labute approximate surface area is 208 Å². The summed E-state index contributed by atoms with van der Waals surface area (Å²) >= 11 is 7.43. The first kappa shape index (κ1) is 24.7. The van der Waals surface area contributed by atoms with Gasteiger partial charge in [0.05, 0.1) is 17.3 Å². The van der Waals surface area contributed by atoms with Crippen molar-refractivity contribution in [1.29, 1.82) is 0 Å². The maximum atomic E-state index is 13.1. The molecule has 4 rings (SSSR count). The van der Waals surface area contributed by atoms with Crippen molar-refractivity contribution in [2.75, 3.05) is 0 Å². The molecule has 0 aliphatic heterocycles. The van der Waals surface area contributed by atoms with Crippen LogP contribution in [0.1, 0.15) is 40.4 Å². The average molecular weight is 518 g/mol. The molecule has 0 saturated carbocycles. The number of nitrogens with one attached hydrogen (secondary N) is 1. The van der Waals surface area contributed by atoms with Gasteiger partial charge in [0, 0.05) is 17.0 Å². The molecule has 0 saturated heterocycles. The number of benzene rings is 2. The fourth-order valence-electron chi connectivity index (χ4n) is 3.33. The molecule has 0 fully saturated rings. The van der Waals surface area contributed by atoms with Crippen LogP contribution in [-0.2, 0) is 11.9 Å². The summed E-state index contributed by atoms with van der Waals surface area (Å²) in [5.74, 6) is 0.289. The summed E-state index contributed by atoms with van der Waals surface area (Å²) in [6.45, 7) is 1.76. The summed E-state index contributed by atoms with van der Waals surface area (Å²) in [6.07, 6.45) is -2.90. The van der Waals surface area contributed by atoms with Crippen LogP contribution in [0.3, 0.4) is 0 Å². The van der Waals surface area contributed by atoms with Gasteiger partial charge in [0.1, 0.15) is 5.69 Å². The predicted molar refractivity (Wildman–Crippen MR) is 127 cm³/mol. The van der Waals surface area contributed by atoms with Gasteiger partial charge in [-0.15, -0.1) is 10.2 Å². The highest BCUT2D eigenvalue weighted by atomic mass is 35.5. The predicted octanol–water partition coefficient (Wildman–Crippen LogP) is 6.12. The van der Waals surface area contributed by atoms with E-state index in [0.29, 0.717) is 27.3 Å². The highest BCUT2D eigenvalue weighted by Crippen LogP contribution is 2.32. The smallest absolute Gasteiger partial charge is 0.341 e. The maximum absolute atomic E-state index is 13.1. The van der Waals surface area contributed by atoms with E-state index in [1.54, 1.807) is 60.0 Å². The zero-order valence-electron chi connectivity index (χ0n) is 18.3. The number of carbonyl (C=O) groups is 1. The molecule has 0 bridgehead atoms. The third-order valence-electron chi connectivity index (χ3n) is 4.98. The van der Waals surface area contributed by atoms with Crippen LogP contribution in [-0.4, -0.2) is 25.7 Å². The molecular formula is C24H19ClF3N5OS. The second-order valence-corrected chi connectivity index (χ2v) is 8.93. The summed E-state index contributed by atoms with van der Waals surface area (Å²) in [4.78, 5) is 16.7. The van der Waals surface area contributed by atoms with Gasteiger partial charge in [0.2, 0.25) is 0 Å². The third-order valence-corrected chi connectivity index (χ3v) is 6.21. The van der Waals surface area contributed by atoms with Gasteiger partial charge in [-0.25, -0.2) is 0 Å². The first-order chi connectivity index (χ1) is 16.7. The van der Waals surface area contributed by atoms with E-state index < -0.39 is 17.8 Å². The maximum Gasteiger partial charge on any atom is 0.416 e. The molecule has 0 spiro atoms. The van der Waals surface area contributed by atoms with Crippen molar-refractivity contribution in [3.05, 3.63) is 101 Å². The minimum atomic E-state index is -4.42. The molecule has 2 aromatic heterocycles. The monoisotopic (exact) mass is 517 g/mol. The number of hydrogen-bond donors (Lipinski definition) is 1. The molecular weight excluding hydrogens is 499 g/mol. The van der Waals surface area contributed by atoms with E-state index in [0.717, 1.165) is 12.1 Å². The Morgan fingerprint density at radius 3 is 2.60 bits per heavy atom. The Morgan fingerprint density at radius 1 is 1.09 bits per heavy atom. The lowest BCUT2D eigenvalue weighted by molar-refractivity contribution is -0.137. The number of pyridine rings is 1. The number of amides is 1. The van der Waals surface area contributed by atoms with Crippen molar-refractivity contribution < 1.29 is 18.0 Å². The molecule has 1 N–H and O–H groups in total. The number of nitrogens with zero attached hydrogens (tertiary/aromatic N) is 4. The Bertz CT molecular complexity index is 1330. The normalized spacial score (nSPS) is 12.4. The summed E-state index contributed by atoms with van der Waals surface area (Å²) in [6, 6.07) is 16.6. The molecule has 180 valence electrons. The number of rotatable bonds is 7. The lowest BCUT2D eigenvalue weighted by atomic mass is 10.1. The van der Waals surface area contributed by atoms with Gasteiger partial charge in [0.25, 0.3) is 5.91 Å². The molecule has 2 heterocycles. The van der Waals surface area contributed by atoms with Crippen molar-refractivity contribution in [1.82, 2.24) is 25.1 Å². The summed E-state index contributed by atoms with van der Waals surface area (Å²) in [5.41, 5.74) is 0.692. The van der Waals surface area contributed by atoms with Gasteiger partial charge < -0.3 is 5.32 Å². The first-order valence-electron chi connectivity index (χ1n) is 10.4. The number of halogens is 4. The number of hydrogen-bond acceptors (Lipinski definition) is 5. The average Bonchev–Trinajstić information content (AvgIpc) is 3.27.